The van der Waals surface area contributed by atoms with Crippen LogP contribution in [0.15, 0.2) is 12.7 Å². The molecule has 0 aliphatic carbocycles. The Bertz CT molecular complexity index is 279. The molecule has 0 aliphatic rings. The number of phosphoric acid groups is 1. The van der Waals surface area contributed by atoms with E-state index in [9.17, 15) is 14.3 Å². The van der Waals surface area contributed by atoms with Crippen LogP contribution in [-0.2, 0) is 23.1 Å². The predicted octanol–water partition coefficient (Wildman–Crippen LogP) is 2.82. The highest BCUT2D eigenvalue weighted by Gasteiger charge is 2.07. The largest absolute Gasteiger partial charge is 0.756 e. The molecule has 0 saturated carbocycles. The molecule has 0 aromatic heterocycles. The van der Waals surface area contributed by atoms with Crippen molar-refractivity contribution in [3.8, 4) is 0 Å². The number of carbonyl (C=O) groups is 1. The van der Waals surface area contributed by atoms with Gasteiger partial charge in [0.2, 0.25) is 0 Å². The van der Waals surface area contributed by atoms with Gasteiger partial charge in [-0.2, -0.15) is 0 Å². The van der Waals surface area contributed by atoms with E-state index in [2.05, 4.69) is 20.4 Å². The first-order chi connectivity index (χ1) is 9.43. The van der Waals surface area contributed by atoms with Crippen molar-refractivity contribution in [1.82, 2.24) is 0 Å². The van der Waals surface area contributed by atoms with Crippen LogP contribution in [0.1, 0.15) is 46.5 Å². The average molecular weight is 309 g/mol. The highest BCUT2D eigenvalue weighted by molar-refractivity contribution is 7.45. The summed E-state index contributed by atoms with van der Waals surface area (Å²) in [6, 6.07) is 0. The molecular weight excluding hydrogens is 283 g/mol. The van der Waals surface area contributed by atoms with Gasteiger partial charge in [-0.3, -0.25) is 4.57 Å². The second-order valence-corrected chi connectivity index (χ2v) is 5.19. The minimum Gasteiger partial charge on any atom is -0.756 e. The first kappa shape index (κ1) is 21.6. The minimum absolute atomic E-state index is 0.226. The normalized spacial score (nSPS) is 10.4. The summed E-state index contributed by atoms with van der Waals surface area (Å²) in [5.74, 6) is -0.359. The second-order valence-electron chi connectivity index (χ2n) is 3.78. The maximum Gasteiger partial charge on any atom is 0.330 e. The first-order valence-corrected chi connectivity index (χ1v) is 8.28. The lowest BCUT2D eigenvalue weighted by Crippen LogP contribution is -2.09. The Morgan fingerprint density at radius 1 is 1.15 bits per heavy atom. The van der Waals surface area contributed by atoms with Gasteiger partial charge in [0.15, 0.2) is 0 Å². The second kappa shape index (κ2) is 14.7. The molecule has 6 nitrogen and oxygen atoms in total. The molecule has 7 heteroatoms. The van der Waals surface area contributed by atoms with Crippen molar-refractivity contribution in [2.24, 2.45) is 0 Å². The van der Waals surface area contributed by atoms with Crippen LogP contribution in [0.2, 0.25) is 0 Å². The third kappa shape index (κ3) is 17.3. The number of carbonyl (C=O) groups excluding carboxylic acids is 1. The van der Waals surface area contributed by atoms with Crippen molar-refractivity contribution in [3.05, 3.63) is 12.7 Å². The summed E-state index contributed by atoms with van der Waals surface area (Å²) in [6.07, 6.45) is 4.44. The Morgan fingerprint density at radius 3 is 1.85 bits per heavy atom. The zero-order valence-electron chi connectivity index (χ0n) is 12.6. The summed E-state index contributed by atoms with van der Waals surface area (Å²) in [5, 5.41) is 0. The lowest BCUT2D eigenvalue weighted by molar-refractivity contribution is -0.225. The lowest BCUT2D eigenvalue weighted by Gasteiger charge is -2.22. The zero-order chi connectivity index (χ0) is 15.9. The number of hydrogen-bond donors (Lipinski definition) is 0. The Hall–Kier alpha value is -0.680. The van der Waals surface area contributed by atoms with Gasteiger partial charge < -0.3 is 18.7 Å². The molecule has 0 radical (unpaired) electrons. The SMILES string of the molecule is C=CC(=O)OCC.CCCCOP(=O)([O-])OCCCC. The molecule has 0 heterocycles. The molecule has 0 N–H and O–H groups in total. The monoisotopic (exact) mass is 309 g/mol. The molecule has 120 valence electrons. The third-order valence-corrected chi connectivity index (χ3v) is 2.95. The van der Waals surface area contributed by atoms with Crippen molar-refractivity contribution in [2.75, 3.05) is 19.8 Å². The zero-order valence-corrected chi connectivity index (χ0v) is 13.5. The maximum absolute atomic E-state index is 11.0. The van der Waals surface area contributed by atoms with E-state index in [0.717, 1.165) is 31.8 Å². The van der Waals surface area contributed by atoms with E-state index in [1.54, 1.807) is 6.92 Å². The van der Waals surface area contributed by atoms with Gasteiger partial charge in [0, 0.05) is 6.08 Å². The average Bonchev–Trinajstić information content (AvgIpc) is 2.40. The Morgan fingerprint density at radius 2 is 1.60 bits per heavy atom. The van der Waals surface area contributed by atoms with Gasteiger partial charge in [0.1, 0.15) is 0 Å². The molecule has 0 amide bonds. The molecule has 0 bridgehead atoms. The lowest BCUT2D eigenvalue weighted by atomic mass is 10.4. The van der Waals surface area contributed by atoms with E-state index in [1.165, 1.54) is 0 Å². The summed E-state index contributed by atoms with van der Waals surface area (Å²) in [5.41, 5.74) is 0. The fourth-order valence-corrected chi connectivity index (χ4v) is 1.66. The van der Waals surface area contributed by atoms with Gasteiger partial charge in [-0.05, 0) is 19.8 Å². The van der Waals surface area contributed by atoms with E-state index in [4.69, 9.17) is 0 Å². The predicted molar refractivity (Wildman–Crippen MR) is 76.2 cm³/mol. The fraction of sp³-hybridized carbons (Fsp3) is 0.769. The maximum atomic E-state index is 11.0. The van der Waals surface area contributed by atoms with Crippen LogP contribution in [0.25, 0.3) is 0 Å². The molecule has 0 rings (SSSR count). The van der Waals surface area contributed by atoms with E-state index in [-0.39, 0.29) is 19.2 Å². The van der Waals surface area contributed by atoms with Crippen molar-refractivity contribution in [3.63, 3.8) is 0 Å². The number of esters is 1. The molecule has 0 unspecified atom stereocenters. The molecule has 0 atom stereocenters. The standard InChI is InChI=1S/C8H19O4P.C5H8O2/c1-3-5-7-11-13(9,10)12-8-6-4-2;1-3-5(6)7-4-2/h3-8H2,1-2H3,(H,9,10);3H,1,4H2,2H3/p-1. The number of hydrogen-bond acceptors (Lipinski definition) is 6. The first-order valence-electron chi connectivity index (χ1n) is 6.82. The molecule has 0 spiro atoms. The van der Waals surface area contributed by atoms with Gasteiger partial charge in [-0.25, -0.2) is 4.79 Å². The Balaban J connectivity index is 0. The molecular formula is C13H26O6P-. The van der Waals surface area contributed by atoms with Gasteiger partial charge >= 0.3 is 5.97 Å². The number of rotatable bonds is 10. The Kier molecular flexibility index (Phi) is 15.9. The summed E-state index contributed by atoms with van der Waals surface area (Å²) in [4.78, 5) is 21.0. The molecule has 0 aromatic carbocycles. The van der Waals surface area contributed by atoms with Crippen LogP contribution in [0.4, 0.5) is 0 Å². The minimum atomic E-state index is -4.00. The van der Waals surface area contributed by atoms with Crippen molar-refractivity contribution < 1.29 is 28.0 Å². The van der Waals surface area contributed by atoms with E-state index in [1.807, 2.05) is 13.8 Å². The van der Waals surface area contributed by atoms with Gasteiger partial charge in [-0.1, -0.05) is 33.3 Å². The van der Waals surface area contributed by atoms with Crippen molar-refractivity contribution in [1.29, 1.82) is 0 Å². The van der Waals surface area contributed by atoms with Crippen LogP contribution in [0, 0.1) is 0 Å². The van der Waals surface area contributed by atoms with E-state index < -0.39 is 7.82 Å². The number of unbranched alkanes of at least 4 members (excludes halogenated alkanes) is 2. The highest BCUT2D eigenvalue weighted by atomic mass is 31.2. The molecule has 0 aliphatic heterocycles. The number of ether oxygens (including phenoxy) is 1. The highest BCUT2D eigenvalue weighted by Crippen LogP contribution is 2.38. The van der Waals surface area contributed by atoms with Crippen LogP contribution in [-0.4, -0.2) is 25.8 Å². The topological polar surface area (TPSA) is 84.9 Å². The van der Waals surface area contributed by atoms with E-state index in [0.29, 0.717) is 6.61 Å². The Labute approximate surface area is 121 Å². The van der Waals surface area contributed by atoms with Gasteiger partial charge in [0.25, 0.3) is 7.82 Å². The summed E-state index contributed by atoms with van der Waals surface area (Å²) >= 11 is 0. The van der Waals surface area contributed by atoms with Gasteiger partial charge in [0.05, 0.1) is 19.8 Å². The van der Waals surface area contributed by atoms with Crippen molar-refractivity contribution in [2.45, 2.75) is 46.5 Å². The van der Waals surface area contributed by atoms with Crippen molar-refractivity contribution >= 4 is 13.8 Å². The number of phosphoric ester groups is 1. The van der Waals surface area contributed by atoms with Crippen LogP contribution < -0.4 is 4.89 Å². The van der Waals surface area contributed by atoms with Gasteiger partial charge in [-0.15, -0.1) is 0 Å². The summed E-state index contributed by atoms with van der Waals surface area (Å²) in [7, 11) is -4.00. The summed E-state index contributed by atoms with van der Waals surface area (Å²) < 4.78 is 24.6. The third-order valence-electron chi connectivity index (χ3n) is 1.95. The van der Waals surface area contributed by atoms with Crippen LogP contribution in [0.5, 0.6) is 0 Å². The van der Waals surface area contributed by atoms with E-state index >= 15 is 0 Å². The fourth-order valence-electron chi connectivity index (χ4n) is 0.880. The summed E-state index contributed by atoms with van der Waals surface area (Å²) in [6.45, 7) is 9.77. The smallest absolute Gasteiger partial charge is 0.330 e. The molecule has 0 saturated heterocycles. The quantitative estimate of drug-likeness (QED) is 0.267. The molecule has 0 fully saturated rings. The van der Waals surface area contributed by atoms with Crippen LogP contribution >= 0.6 is 7.82 Å². The molecule has 0 aromatic rings. The van der Waals surface area contributed by atoms with Crippen LogP contribution in [0.3, 0.4) is 0 Å². The molecule has 20 heavy (non-hydrogen) atoms.